The van der Waals surface area contributed by atoms with Gasteiger partial charge in [-0.15, -0.1) is 0 Å². The molecule has 0 radical (unpaired) electrons. The quantitative estimate of drug-likeness (QED) is 0.340. The molecule has 0 spiro atoms. The first-order valence-electron chi connectivity index (χ1n) is 8.40. The monoisotopic (exact) mass is 399 g/mol. The van der Waals surface area contributed by atoms with Crippen LogP contribution in [-0.4, -0.2) is 14.5 Å². The summed E-state index contributed by atoms with van der Waals surface area (Å²) in [7, 11) is 0. The van der Waals surface area contributed by atoms with Crippen molar-refractivity contribution in [1.82, 2.24) is 14.5 Å². The Morgan fingerprint density at radius 1 is 0.654 bits per heavy atom. The van der Waals surface area contributed by atoms with E-state index in [2.05, 4.69) is 74.0 Å². The van der Waals surface area contributed by atoms with E-state index in [0.29, 0.717) is 5.82 Å². The summed E-state index contributed by atoms with van der Waals surface area (Å²) in [6.07, 6.45) is 0. The Morgan fingerprint density at radius 3 is 1.88 bits per heavy atom. The molecule has 3 nitrogen and oxygen atoms in total. The minimum Gasteiger partial charge on any atom is -0.294 e. The van der Waals surface area contributed by atoms with Crippen molar-refractivity contribution >= 4 is 37.7 Å². The molecule has 0 bridgehead atoms. The fourth-order valence-corrected chi connectivity index (χ4v) is 3.78. The van der Waals surface area contributed by atoms with E-state index < -0.39 is 0 Å². The molecule has 2 heterocycles. The molecule has 4 heteroatoms. The highest BCUT2D eigenvalue weighted by atomic mass is 79.9. The second-order valence-electron chi connectivity index (χ2n) is 6.11. The van der Waals surface area contributed by atoms with Crippen molar-refractivity contribution < 1.29 is 0 Å². The van der Waals surface area contributed by atoms with Crippen molar-refractivity contribution in [3.05, 3.63) is 89.5 Å². The van der Waals surface area contributed by atoms with Gasteiger partial charge in [0.15, 0.2) is 5.82 Å². The number of hydrogen-bond donors (Lipinski definition) is 0. The maximum Gasteiger partial charge on any atom is 0.162 e. The maximum absolute atomic E-state index is 4.87. The summed E-state index contributed by atoms with van der Waals surface area (Å²) in [6.45, 7) is 0. The zero-order valence-corrected chi connectivity index (χ0v) is 15.4. The molecule has 0 aliphatic heterocycles. The van der Waals surface area contributed by atoms with Crippen molar-refractivity contribution in [2.45, 2.75) is 0 Å². The molecule has 0 atom stereocenters. The van der Waals surface area contributed by atoms with E-state index in [1.54, 1.807) is 0 Å². The third-order valence-electron chi connectivity index (χ3n) is 4.52. The number of rotatable bonds is 2. The zero-order valence-electron chi connectivity index (χ0n) is 13.8. The van der Waals surface area contributed by atoms with Crippen LogP contribution >= 0.6 is 15.9 Å². The number of fused-ring (bicyclic) bond motifs is 3. The van der Waals surface area contributed by atoms with Gasteiger partial charge in [0.25, 0.3) is 0 Å². The first-order valence-corrected chi connectivity index (χ1v) is 9.19. The Bertz CT molecular complexity index is 1190. The van der Waals surface area contributed by atoms with Gasteiger partial charge >= 0.3 is 0 Å². The van der Waals surface area contributed by atoms with Crippen molar-refractivity contribution in [2.75, 3.05) is 0 Å². The summed E-state index contributed by atoms with van der Waals surface area (Å²) in [5, 5.41) is 2.44. The Hall–Kier alpha value is -2.98. The molecular weight excluding hydrogens is 386 g/mol. The first-order chi connectivity index (χ1) is 12.8. The highest BCUT2D eigenvalue weighted by Crippen LogP contribution is 2.32. The fourth-order valence-electron chi connectivity index (χ4n) is 3.41. The van der Waals surface area contributed by atoms with Gasteiger partial charge in [0, 0.05) is 22.4 Å². The van der Waals surface area contributed by atoms with Gasteiger partial charge < -0.3 is 0 Å². The summed E-state index contributed by atoms with van der Waals surface area (Å²) in [5.41, 5.74) is 3.27. The van der Waals surface area contributed by atoms with Crippen LogP contribution in [-0.2, 0) is 0 Å². The molecule has 0 aliphatic rings. The van der Waals surface area contributed by atoms with Crippen LogP contribution in [0.5, 0.6) is 0 Å². The molecule has 0 saturated heterocycles. The van der Waals surface area contributed by atoms with Crippen LogP contribution in [0.15, 0.2) is 89.5 Å². The second kappa shape index (κ2) is 6.07. The Kier molecular flexibility index (Phi) is 3.57. The number of halogens is 1. The molecule has 124 valence electrons. The van der Waals surface area contributed by atoms with Gasteiger partial charge in [-0.2, -0.15) is 0 Å². The Labute approximate surface area is 159 Å². The minimum atomic E-state index is 0.705. The topological polar surface area (TPSA) is 30.7 Å². The predicted molar refractivity (Wildman–Crippen MR) is 110 cm³/mol. The summed E-state index contributed by atoms with van der Waals surface area (Å²) in [5.74, 6) is 1.56. The summed E-state index contributed by atoms with van der Waals surface area (Å²) in [6, 6.07) is 28.9. The fraction of sp³-hybridized carbons (Fsp3) is 0. The third kappa shape index (κ3) is 2.42. The van der Waals surface area contributed by atoms with E-state index in [1.165, 1.54) is 10.8 Å². The molecule has 0 unspecified atom stereocenters. The van der Waals surface area contributed by atoms with Gasteiger partial charge in [0.2, 0.25) is 0 Å². The highest BCUT2D eigenvalue weighted by molar-refractivity contribution is 9.10. The molecule has 5 aromatic rings. The number of aromatic nitrogens is 3. The molecule has 0 fully saturated rings. The lowest BCUT2D eigenvalue weighted by Crippen LogP contribution is -2.01. The Balaban J connectivity index is 1.84. The molecule has 0 amide bonds. The summed E-state index contributed by atoms with van der Waals surface area (Å²) >= 11 is 3.56. The molecule has 2 aromatic heterocycles. The van der Waals surface area contributed by atoms with Crippen LogP contribution in [0.25, 0.3) is 39.0 Å². The van der Waals surface area contributed by atoms with Crippen LogP contribution in [0.2, 0.25) is 0 Å². The molecule has 0 N–H and O–H groups in total. The van der Waals surface area contributed by atoms with Gasteiger partial charge in [-0.25, -0.2) is 9.97 Å². The van der Waals surface area contributed by atoms with E-state index in [-0.39, 0.29) is 0 Å². The van der Waals surface area contributed by atoms with E-state index in [9.17, 15) is 0 Å². The maximum atomic E-state index is 4.87. The van der Waals surface area contributed by atoms with E-state index in [4.69, 9.17) is 4.98 Å². The van der Waals surface area contributed by atoms with Crippen LogP contribution in [0.1, 0.15) is 0 Å². The average Bonchev–Trinajstić information content (AvgIpc) is 3.03. The molecule has 0 aliphatic carbocycles. The lowest BCUT2D eigenvalue weighted by molar-refractivity contribution is 1.03. The first kappa shape index (κ1) is 15.3. The smallest absolute Gasteiger partial charge is 0.162 e. The number of benzene rings is 3. The summed E-state index contributed by atoms with van der Waals surface area (Å²) in [4.78, 5) is 9.43. The normalized spacial score (nSPS) is 11.3. The second-order valence-corrected chi connectivity index (χ2v) is 6.92. The number of para-hydroxylation sites is 2. The van der Waals surface area contributed by atoms with Crippen LogP contribution < -0.4 is 0 Å². The Morgan fingerprint density at radius 2 is 1.23 bits per heavy atom. The van der Waals surface area contributed by atoms with Gasteiger partial charge in [-0.1, -0.05) is 66.7 Å². The predicted octanol–water partition coefficient (Wildman–Crippen LogP) is 6.00. The van der Waals surface area contributed by atoms with Crippen LogP contribution in [0.3, 0.4) is 0 Å². The van der Waals surface area contributed by atoms with Gasteiger partial charge in [-0.3, -0.25) is 4.57 Å². The van der Waals surface area contributed by atoms with Crippen molar-refractivity contribution in [1.29, 1.82) is 0 Å². The SMILES string of the molecule is Brc1cc(-n2c3ccccc3c3ccccc32)nc(-c2ccccc2)n1. The molecule has 3 aromatic carbocycles. The number of nitrogens with zero attached hydrogens (tertiary/aromatic N) is 3. The van der Waals surface area contributed by atoms with Gasteiger partial charge in [0.1, 0.15) is 10.4 Å². The van der Waals surface area contributed by atoms with Crippen LogP contribution in [0.4, 0.5) is 0 Å². The van der Waals surface area contributed by atoms with Gasteiger partial charge in [-0.05, 0) is 28.1 Å². The van der Waals surface area contributed by atoms with Crippen LogP contribution in [0, 0.1) is 0 Å². The zero-order chi connectivity index (χ0) is 17.5. The highest BCUT2D eigenvalue weighted by Gasteiger charge is 2.14. The summed E-state index contributed by atoms with van der Waals surface area (Å²) < 4.78 is 2.96. The average molecular weight is 400 g/mol. The largest absolute Gasteiger partial charge is 0.294 e. The lowest BCUT2D eigenvalue weighted by Gasteiger charge is -2.09. The van der Waals surface area contributed by atoms with E-state index in [1.807, 2.05) is 36.4 Å². The standard InChI is InChI=1S/C22H14BrN3/c23-20-14-21(25-22(24-20)15-8-2-1-3-9-15)26-18-12-6-4-10-16(18)17-11-5-7-13-19(17)26/h1-14H. The molecule has 26 heavy (non-hydrogen) atoms. The van der Waals surface area contributed by atoms with E-state index >= 15 is 0 Å². The number of hydrogen-bond acceptors (Lipinski definition) is 2. The van der Waals surface area contributed by atoms with Crippen molar-refractivity contribution in [3.8, 4) is 17.2 Å². The minimum absolute atomic E-state index is 0.705. The third-order valence-corrected chi connectivity index (χ3v) is 4.93. The van der Waals surface area contributed by atoms with Crippen molar-refractivity contribution in [2.24, 2.45) is 0 Å². The molecule has 0 saturated carbocycles. The molecule has 5 rings (SSSR count). The molecular formula is C22H14BrN3. The van der Waals surface area contributed by atoms with Crippen molar-refractivity contribution in [3.63, 3.8) is 0 Å². The van der Waals surface area contributed by atoms with Gasteiger partial charge in [0.05, 0.1) is 11.0 Å². The van der Waals surface area contributed by atoms with E-state index in [0.717, 1.165) is 27.0 Å². The lowest BCUT2D eigenvalue weighted by atomic mass is 10.2.